The van der Waals surface area contributed by atoms with Gasteiger partial charge in [0.05, 0.1) is 0 Å². The average Bonchev–Trinajstić information content (AvgIpc) is 2.68. The molecule has 1 atom stereocenters. The van der Waals surface area contributed by atoms with Crippen molar-refractivity contribution in [2.24, 2.45) is 0 Å². The number of furan rings is 1. The van der Waals surface area contributed by atoms with Crippen LogP contribution >= 0.6 is 15.9 Å². The molecule has 0 bridgehead atoms. The van der Waals surface area contributed by atoms with Gasteiger partial charge in [0.1, 0.15) is 11.9 Å². The second-order valence-corrected chi connectivity index (χ2v) is 5.04. The van der Waals surface area contributed by atoms with Gasteiger partial charge in [-0.2, -0.15) is 0 Å². The smallest absolute Gasteiger partial charge is 0.169 e. The fourth-order valence-electron chi connectivity index (χ4n) is 1.87. The summed E-state index contributed by atoms with van der Waals surface area (Å²) in [6.45, 7) is 4.79. The zero-order chi connectivity index (χ0) is 11.5. The van der Waals surface area contributed by atoms with Crippen LogP contribution in [-0.4, -0.2) is 54.7 Å². The molecule has 0 aliphatic carbocycles. The number of rotatable bonds is 3. The van der Waals surface area contributed by atoms with Crippen LogP contribution in [0.3, 0.4) is 0 Å². The summed E-state index contributed by atoms with van der Waals surface area (Å²) >= 11 is 3.24. The molecule has 1 aliphatic heterocycles. The highest BCUT2D eigenvalue weighted by molar-refractivity contribution is 9.10. The molecule has 1 fully saturated rings. The lowest BCUT2D eigenvalue weighted by Gasteiger charge is -2.33. The topological polar surface area (TPSA) is 39.9 Å². The first kappa shape index (κ1) is 12.1. The molecule has 2 heterocycles. The van der Waals surface area contributed by atoms with Gasteiger partial charge in [0.25, 0.3) is 0 Å². The quantitative estimate of drug-likeness (QED) is 0.911. The summed E-state index contributed by atoms with van der Waals surface area (Å²) in [5.74, 6) is 0.630. The van der Waals surface area contributed by atoms with E-state index < -0.39 is 6.10 Å². The Kier molecular flexibility index (Phi) is 4.02. The Morgan fingerprint density at radius 3 is 2.62 bits per heavy atom. The molecule has 5 heteroatoms. The third-order valence-electron chi connectivity index (χ3n) is 2.95. The fraction of sp³-hybridized carbons (Fsp3) is 0.636. The van der Waals surface area contributed by atoms with E-state index in [-0.39, 0.29) is 0 Å². The highest BCUT2D eigenvalue weighted by atomic mass is 79.9. The first-order valence-electron chi connectivity index (χ1n) is 5.49. The van der Waals surface area contributed by atoms with E-state index in [4.69, 9.17) is 4.42 Å². The van der Waals surface area contributed by atoms with Gasteiger partial charge in [-0.3, -0.25) is 4.90 Å². The summed E-state index contributed by atoms with van der Waals surface area (Å²) in [6.07, 6.45) is -0.533. The number of aliphatic hydroxyl groups excluding tert-OH is 1. The Bertz CT molecular complexity index is 334. The number of likely N-dealkylation sites (N-methyl/N-ethyl adjacent to an activating group) is 1. The highest BCUT2D eigenvalue weighted by Gasteiger charge is 2.19. The lowest BCUT2D eigenvalue weighted by molar-refractivity contribution is 0.0677. The Hall–Kier alpha value is -0.360. The number of aliphatic hydroxyl groups is 1. The van der Waals surface area contributed by atoms with Crippen LogP contribution in [0.5, 0.6) is 0 Å². The SMILES string of the molecule is CN1CCN(CC(O)c2ccc(Br)o2)CC1. The predicted octanol–water partition coefficient (Wildman–Crippen LogP) is 1.32. The van der Waals surface area contributed by atoms with Crippen LogP contribution < -0.4 is 0 Å². The summed E-state index contributed by atoms with van der Waals surface area (Å²) in [5.41, 5.74) is 0. The van der Waals surface area contributed by atoms with Gasteiger partial charge in [0.2, 0.25) is 0 Å². The molecule has 1 aromatic rings. The van der Waals surface area contributed by atoms with Gasteiger partial charge in [0, 0.05) is 32.7 Å². The lowest BCUT2D eigenvalue weighted by Crippen LogP contribution is -2.45. The summed E-state index contributed by atoms with van der Waals surface area (Å²) in [7, 11) is 2.12. The van der Waals surface area contributed by atoms with Crippen molar-refractivity contribution in [1.29, 1.82) is 0 Å². The molecule has 1 unspecified atom stereocenters. The third-order valence-corrected chi connectivity index (χ3v) is 3.38. The summed E-state index contributed by atoms with van der Waals surface area (Å²) in [6, 6.07) is 3.62. The molecule has 1 saturated heterocycles. The molecule has 0 spiro atoms. The molecule has 0 saturated carbocycles. The summed E-state index contributed by atoms with van der Waals surface area (Å²) < 4.78 is 6.00. The minimum atomic E-state index is -0.533. The van der Waals surface area contributed by atoms with E-state index in [0.29, 0.717) is 17.0 Å². The van der Waals surface area contributed by atoms with Crippen LogP contribution in [-0.2, 0) is 0 Å². The van der Waals surface area contributed by atoms with Crippen molar-refractivity contribution in [3.63, 3.8) is 0 Å². The van der Waals surface area contributed by atoms with Gasteiger partial charge in [0.15, 0.2) is 4.67 Å². The molecule has 0 amide bonds. The predicted molar refractivity (Wildman–Crippen MR) is 65.3 cm³/mol. The van der Waals surface area contributed by atoms with Crippen molar-refractivity contribution < 1.29 is 9.52 Å². The van der Waals surface area contributed by atoms with Gasteiger partial charge in [-0.15, -0.1) is 0 Å². The maximum atomic E-state index is 9.98. The van der Waals surface area contributed by atoms with Crippen LogP contribution in [0.1, 0.15) is 11.9 Å². The molecule has 0 aromatic carbocycles. The molecular weight excluding hydrogens is 272 g/mol. The van der Waals surface area contributed by atoms with E-state index in [1.54, 1.807) is 0 Å². The minimum Gasteiger partial charge on any atom is -0.452 e. The molecule has 16 heavy (non-hydrogen) atoms. The van der Waals surface area contributed by atoms with E-state index in [2.05, 4.69) is 32.8 Å². The normalized spacial score (nSPS) is 21.2. The van der Waals surface area contributed by atoms with E-state index in [9.17, 15) is 5.11 Å². The first-order chi connectivity index (χ1) is 7.65. The number of hydrogen-bond acceptors (Lipinski definition) is 4. The van der Waals surface area contributed by atoms with Gasteiger partial charge in [-0.1, -0.05) is 0 Å². The standard InChI is InChI=1S/C11H17BrN2O2/c1-13-4-6-14(7-5-13)8-9(15)10-2-3-11(12)16-10/h2-3,9,15H,4-8H2,1H3. The van der Waals surface area contributed by atoms with E-state index in [1.165, 1.54) is 0 Å². The van der Waals surface area contributed by atoms with Gasteiger partial charge >= 0.3 is 0 Å². The average molecular weight is 289 g/mol. The van der Waals surface area contributed by atoms with Crippen LogP contribution in [0.2, 0.25) is 0 Å². The number of β-amino-alcohol motifs (C(OH)–C–C–N with tert-alkyl or cyclic N) is 1. The van der Waals surface area contributed by atoms with E-state index in [0.717, 1.165) is 26.2 Å². The molecular formula is C11H17BrN2O2. The van der Waals surface area contributed by atoms with Crippen LogP contribution in [0.15, 0.2) is 21.2 Å². The maximum absolute atomic E-state index is 9.98. The van der Waals surface area contributed by atoms with Crippen molar-refractivity contribution in [1.82, 2.24) is 9.80 Å². The fourth-order valence-corrected chi connectivity index (χ4v) is 2.19. The van der Waals surface area contributed by atoms with Crippen molar-refractivity contribution >= 4 is 15.9 Å². The van der Waals surface area contributed by atoms with Crippen LogP contribution in [0, 0.1) is 0 Å². The third kappa shape index (κ3) is 3.07. The van der Waals surface area contributed by atoms with Crippen molar-refractivity contribution in [3.8, 4) is 0 Å². The number of nitrogens with zero attached hydrogens (tertiary/aromatic N) is 2. The Balaban J connectivity index is 1.85. The molecule has 0 radical (unpaired) electrons. The Morgan fingerprint density at radius 2 is 2.06 bits per heavy atom. The van der Waals surface area contributed by atoms with Crippen molar-refractivity contribution in [2.75, 3.05) is 39.8 Å². The number of halogens is 1. The highest BCUT2D eigenvalue weighted by Crippen LogP contribution is 2.21. The molecule has 1 aliphatic rings. The molecule has 2 rings (SSSR count). The van der Waals surface area contributed by atoms with E-state index in [1.807, 2.05) is 12.1 Å². The maximum Gasteiger partial charge on any atom is 0.169 e. The first-order valence-corrected chi connectivity index (χ1v) is 6.28. The molecule has 1 N–H and O–H groups in total. The summed E-state index contributed by atoms with van der Waals surface area (Å²) in [5, 5.41) is 9.98. The van der Waals surface area contributed by atoms with Gasteiger partial charge in [-0.25, -0.2) is 0 Å². The van der Waals surface area contributed by atoms with Gasteiger partial charge in [-0.05, 0) is 35.1 Å². The second kappa shape index (κ2) is 5.31. The van der Waals surface area contributed by atoms with Crippen molar-refractivity contribution in [3.05, 3.63) is 22.6 Å². The van der Waals surface area contributed by atoms with Crippen LogP contribution in [0.4, 0.5) is 0 Å². The van der Waals surface area contributed by atoms with Gasteiger partial charge < -0.3 is 14.4 Å². The Labute approximate surface area is 104 Å². The lowest BCUT2D eigenvalue weighted by atomic mass is 10.2. The zero-order valence-corrected chi connectivity index (χ0v) is 11.0. The van der Waals surface area contributed by atoms with E-state index >= 15 is 0 Å². The second-order valence-electron chi connectivity index (χ2n) is 4.26. The zero-order valence-electron chi connectivity index (χ0n) is 9.40. The number of hydrogen-bond donors (Lipinski definition) is 1. The Morgan fingerprint density at radius 1 is 1.38 bits per heavy atom. The molecule has 1 aromatic heterocycles. The largest absolute Gasteiger partial charge is 0.452 e. The molecule has 90 valence electrons. The van der Waals surface area contributed by atoms with Crippen molar-refractivity contribution in [2.45, 2.75) is 6.10 Å². The number of piperazine rings is 1. The minimum absolute atomic E-state index is 0.533. The molecule has 4 nitrogen and oxygen atoms in total. The summed E-state index contributed by atoms with van der Waals surface area (Å²) in [4.78, 5) is 4.56. The van der Waals surface area contributed by atoms with Crippen LogP contribution in [0.25, 0.3) is 0 Å². The monoisotopic (exact) mass is 288 g/mol.